The maximum atomic E-state index is 7.59. The van der Waals surface area contributed by atoms with Gasteiger partial charge in [0.2, 0.25) is 0 Å². The first-order chi connectivity index (χ1) is 46.3. The predicted octanol–water partition coefficient (Wildman–Crippen LogP) is 21.3. The van der Waals surface area contributed by atoms with Gasteiger partial charge in [0, 0.05) is 78.7 Å². The van der Waals surface area contributed by atoms with Crippen LogP contribution in [0.15, 0.2) is 322 Å². The molecule has 14 aromatic carbocycles. The number of para-hydroxylation sites is 5. The van der Waals surface area contributed by atoms with Crippen LogP contribution in [0.1, 0.15) is 48.6 Å². The molecule has 0 saturated carbocycles. The molecule has 0 saturated heterocycles. The van der Waals surface area contributed by atoms with E-state index in [1.165, 1.54) is 55.0 Å². The molecule has 19 rings (SSSR count). The summed E-state index contributed by atoms with van der Waals surface area (Å²) in [5, 5.41) is 2.45. The lowest BCUT2D eigenvalue weighted by molar-refractivity contribution is 0.437. The highest BCUT2D eigenvalue weighted by Gasteiger charge is 2.54. The van der Waals surface area contributed by atoms with Gasteiger partial charge in [0.05, 0.1) is 27.8 Å². The molecule has 94 heavy (non-hydrogen) atoms. The van der Waals surface area contributed by atoms with Gasteiger partial charge < -0.3 is 19.1 Å². The van der Waals surface area contributed by atoms with Crippen molar-refractivity contribution in [3.8, 4) is 72.8 Å². The standard InChI is InChI=1S/C89H62BN3O/c1-88(2,3)61-52-81-85-82(53-61)93(87-65(59-32-12-6-13-33-59)42-27-43-66(87)60-34-14-7-15-35-60)80-56-84-74(89(73-46-22-25-49-83(73)94-84)71-44-20-16-36-67(71)68-37-17-21-45-72(68)89)55-76(80)90(85)75-51-50-62(91-77-47-23-18-38-69(77)70-39-19-24-48-78(70)91)54-79(75)92(81)86-63(57-28-8-4-9-29-57)40-26-41-64(86)58-30-10-5-11-31-58/h4-56H,1-3H3. The van der Waals surface area contributed by atoms with E-state index < -0.39 is 5.41 Å². The number of benzene rings is 14. The van der Waals surface area contributed by atoms with Crippen LogP contribution in [0, 0.1) is 0 Å². The normalized spacial score (nSPS) is 13.6. The first-order valence-electron chi connectivity index (χ1n) is 32.9. The van der Waals surface area contributed by atoms with Gasteiger partial charge in [0.1, 0.15) is 11.5 Å². The molecule has 3 aliphatic heterocycles. The molecule has 1 aliphatic carbocycles. The fourth-order valence-electron chi connectivity index (χ4n) is 16.6. The first kappa shape index (κ1) is 54.1. The topological polar surface area (TPSA) is 20.6 Å². The summed E-state index contributed by atoms with van der Waals surface area (Å²) in [4.78, 5) is 5.35. The van der Waals surface area contributed by atoms with Crippen molar-refractivity contribution < 1.29 is 4.74 Å². The van der Waals surface area contributed by atoms with Crippen LogP contribution in [0.3, 0.4) is 0 Å². The highest BCUT2D eigenvalue weighted by Crippen LogP contribution is 2.63. The number of nitrogens with zero attached hydrogens (tertiary/aromatic N) is 3. The van der Waals surface area contributed by atoms with Gasteiger partial charge in [-0.25, -0.2) is 0 Å². The third-order valence-electron chi connectivity index (χ3n) is 20.6. The number of hydrogen-bond acceptors (Lipinski definition) is 3. The average molecular weight is 1200 g/mol. The summed E-state index contributed by atoms with van der Waals surface area (Å²) in [5.74, 6) is 1.70. The molecule has 0 radical (unpaired) electrons. The van der Waals surface area contributed by atoms with Crippen LogP contribution in [0.5, 0.6) is 11.5 Å². The Kier molecular flexibility index (Phi) is 11.9. The molecule has 1 aromatic heterocycles. The van der Waals surface area contributed by atoms with Crippen molar-refractivity contribution >= 4 is 79.0 Å². The molecule has 0 atom stereocenters. The molecule has 4 aliphatic rings. The van der Waals surface area contributed by atoms with E-state index >= 15 is 0 Å². The minimum atomic E-state index is -0.725. The van der Waals surface area contributed by atoms with Gasteiger partial charge in [-0.15, -0.1) is 0 Å². The van der Waals surface area contributed by atoms with E-state index in [1.54, 1.807) is 0 Å². The Labute approximate surface area is 548 Å². The molecule has 4 heterocycles. The van der Waals surface area contributed by atoms with Crippen LogP contribution in [-0.2, 0) is 10.8 Å². The van der Waals surface area contributed by atoms with Crippen molar-refractivity contribution in [3.63, 3.8) is 0 Å². The van der Waals surface area contributed by atoms with Gasteiger partial charge in [-0.3, -0.25) is 0 Å². The zero-order valence-corrected chi connectivity index (χ0v) is 52.4. The Morgan fingerprint density at radius 1 is 0.319 bits per heavy atom. The van der Waals surface area contributed by atoms with E-state index in [0.29, 0.717) is 0 Å². The second-order valence-electron chi connectivity index (χ2n) is 26.6. The molecule has 1 spiro atoms. The lowest BCUT2D eigenvalue weighted by Gasteiger charge is -2.47. The van der Waals surface area contributed by atoms with Crippen molar-refractivity contribution in [2.75, 3.05) is 9.80 Å². The summed E-state index contributed by atoms with van der Waals surface area (Å²) in [7, 11) is 0. The Morgan fingerprint density at radius 3 is 1.22 bits per heavy atom. The Hall–Kier alpha value is -11.7. The Balaban J connectivity index is 1.01. The van der Waals surface area contributed by atoms with Crippen LogP contribution in [0.25, 0.3) is 83.1 Å². The lowest BCUT2D eigenvalue weighted by atomic mass is 9.33. The molecule has 15 aromatic rings. The SMILES string of the molecule is CC(C)(C)c1cc2c3c(c1)N(c1c(-c4ccccc4)cccc1-c1ccccc1)c1cc4c(cc1B3c1ccc(-n3c5ccccc5c5ccccc53)cc1N2c1c(-c2ccccc2)cccc1-c1ccccc1)C1(c2ccccc2O4)c2ccccc2-c2ccccc21. The van der Waals surface area contributed by atoms with Crippen LogP contribution in [0.4, 0.5) is 34.1 Å². The van der Waals surface area contributed by atoms with E-state index in [4.69, 9.17) is 4.74 Å². The van der Waals surface area contributed by atoms with Gasteiger partial charge >= 0.3 is 0 Å². The van der Waals surface area contributed by atoms with Crippen LogP contribution >= 0.6 is 0 Å². The van der Waals surface area contributed by atoms with Gasteiger partial charge in [-0.1, -0.05) is 294 Å². The maximum absolute atomic E-state index is 7.59. The molecule has 5 heteroatoms. The van der Waals surface area contributed by atoms with Crippen LogP contribution in [-0.4, -0.2) is 11.3 Å². The number of rotatable bonds is 7. The molecule has 0 fully saturated rings. The molecule has 0 N–H and O–H groups in total. The number of fused-ring (bicyclic) bond motifs is 16. The second-order valence-corrected chi connectivity index (χ2v) is 26.6. The maximum Gasteiger partial charge on any atom is 0.252 e. The van der Waals surface area contributed by atoms with E-state index in [-0.39, 0.29) is 12.1 Å². The summed E-state index contributed by atoms with van der Waals surface area (Å²) in [5.41, 5.74) is 30.3. The Bertz CT molecular complexity index is 5380. The average Bonchev–Trinajstić information content (AvgIpc) is 1.15. The fraction of sp³-hybridized carbons (Fsp3) is 0.0562. The highest BCUT2D eigenvalue weighted by molar-refractivity contribution is 7.00. The second kappa shape index (κ2) is 20.7. The number of aromatic nitrogens is 1. The molecule has 4 nitrogen and oxygen atoms in total. The predicted molar refractivity (Wildman–Crippen MR) is 393 cm³/mol. The van der Waals surface area contributed by atoms with Crippen molar-refractivity contribution in [2.24, 2.45) is 0 Å². The number of anilines is 6. The molecule has 442 valence electrons. The van der Waals surface area contributed by atoms with E-state index in [2.05, 4.69) is 357 Å². The van der Waals surface area contributed by atoms with Crippen molar-refractivity contribution in [1.82, 2.24) is 4.57 Å². The Morgan fingerprint density at radius 2 is 0.734 bits per heavy atom. The molecular formula is C89H62BN3O. The molecular weight excluding hydrogens is 1140 g/mol. The molecule has 0 unspecified atom stereocenters. The third-order valence-corrected chi connectivity index (χ3v) is 20.6. The van der Waals surface area contributed by atoms with Gasteiger partial charge in [0.15, 0.2) is 0 Å². The van der Waals surface area contributed by atoms with E-state index in [0.717, 1.165) is 118 Å². The summed E-state index contributed by atoms with van der Waals surface area (Å²) in [6.45, 7) is 6.84. The van der Waals surface area contributed by atoms with Crippen LogP contribution < -0.4 is 30.9 Å². The van der Waals surface area contributed by atoms with Crippen molar-refractivity contribution in [3.05, 3.63) is 349 Å². The van der Waals surface area contributed by atoms with E-state index in [1.807, 2.05) is 0 Å². The summed E-state index contributed by atoms with van der Waals surface area (Å²) in [6.07, 6.45) is 0. The molecule has 0 amide bonds. The highest BCUT2D eigenvalue weighted by atomic mass is 16.5. The van der Waals surface area contributed by atoms with Crippen molar-refractivity contribution in [1.29, 1.82) is 0 Å². The summed E-state index contributed by atoms with van der Waals surface area (Å²) >= 11 is 0. The minimum absolute atomic E-state index is 0.289. The first-order valence-corrected chi connectivity index (χ1v) is 32.9. The van der Waals surface area contributed by atoms with E-state index in [9.17, 15) is 0 Å². The summed E-state index contributed by atoms with van der Waals surface area (Å²) in [6, 6.07) is 120. The number of hydrogen-bond donors (Lipinski definition) is 0. The molecule has 0 bridgehead atoms. The lowest BCUT2D eigenvalue weighted by Crippen LogP contribution is -2.62. The smallest absolute Gasteiger partial charge is 0.252 e. The summed E-state index contributed by atoms with van der Waals surface area (Å²) < 4.78 is 10.1. The minimum Gasteiger partial charge on any atom is -0.457 e. The van der Waals surface area contributed by atoms with Crippen molar-refractivity contribution in [2.45, 2.75) is 31.6 Å². The third kappa shape index (κ3) is 7.82. The zero-order chi connectivity index (χ0) is 62.4. The van der Waals surface area contributed by atoms with Gasteiger partial charge in [-0.2, -0.15) is 0 Å². The fourth-order valence-corrected chi connectivity index (χ4v) is 16.6. The largest absolute Gasteiger partial charge is 0.457 e. The quantitative estimate of drug-likeness (QED) is 0.148. The van der Waals surface area contributed by atoms with Gasteiger partial charge in [0.25, 0.3) is 6.71 Å². The zero-order valence-electron chi connectivity index (χ0n) is 52.4. The van der Waals surface area contributed by atoms with Gasteiger partial charge in [-0.05, 0) is 114 Å². The number of ether oxygens (including phenoxy) is 1. The van der Waals surface area contributed by atoms with Crippen LogP contribution in [0.2, 0.25) is 0 Å². The monoisotopic (exact) mass is 1200 g/mol.